The van der Waals surface area contributed by atoms with Crippen molar-refractivity contribution in [3.05, 3.63) is 0 Å². The van der Waals surface area contributed by atoms with E-state index in [-0.39, 0.29) is 11.3 Å². The molecular formula is C24H40O3. The molecule has 4 aliphatic rings. The third-order valence-corrected chi connectivity index (χ3v) is 10.0. The van der Waals surface area contributed by atoms with Gasteiger partial charge in [-0.1, -0.05) is 13.8 Å². The number of carbonyl (C=O) groups excluding carboxylic acids is 1. The second-order valence-corrected chi connectivity index (χ2v) is 11.4. The Balaban J connectivity index is 1.69. The Kier molecular flexibility index (Phi) is 4.83. The van der Waals surface area contributed by atoms with Crippen molar-refractivity contribution in [2.45, 2.75) is 84.7 Å². The zero-order chi connectivity index (χ0) is 19.6. The van der Waals surface area contributed by atoms with Gasteiger partial charge in [-0.2, -0.15) is 0 Å². The predicted octanol–water partition coefficient (Wildman–Crippen LogP) is 4.86. The van der Waals surface area contributed by atoms with Crippen molar-refractivity contribution in [2.24, 2.45) is 46.3 Å². The molecule has 1 N–H and O–H groups in total. The molecule has 4 fully saturated rings. The van der Waals surface area contributed by atoms with Crippen LogP contribution in [0.15, 0.2) is 0 Å². The summed E-state index contributed by atoms with van der Waals surface area (Å²) >= 11 is 0. The summed E-state index contributed by atoms with van der Waals surface area (Å²) in [5, 5.41) is 10.8. The van der Waals surface area contributed by atoms with E-state index in [0.29, 0.717) is 34.9 Å². The van der Waals surface area contributed by atoms with E-state index in [9.17, 15) is 9.90 Å². The Morgan fingerprint density at radius 1 is 1.04 bits per heavy atom. The van der Waals surface area contributed by atoms with Crippen LogP contribution >= 0.6 is 0 Å². The van der Waals surface area contributed by atoms with Gasteiger partial charge in [-0.3, -0.25) is 4.79 Å². The summed E-state index contributed by atoms with van der Waals surface area (Å²) in [6, 6.07) is 0. The average molecular weight is 377 g/mol. The van der Waals surface area contributed by atoms with Crippen LogP contribution in [0.4, 0.5) is 0 Å². The summed E-state index contributed by atoms with van der Waals surface area (Å²) < 4.78 is 5.72. The van der Waals surface area contributed by atoms with E-state index in [4.69, 9.17) is 4.74 Å². The molecule has 0 aromatic heterocycles. The molecule has 4 aliphatic carbocycles. The highest BCUT2D eigenvalue weighted by atomic mass is 16.5. The molecule has 4 saturated carbocycles. The predicted molar refractivity (Wildman–Crippen MR) is 107 cm³/mol. The number of ketones is 1. The highest BCUT2D eigenvalue weighted by molar-refractivity contribution is 5.79. The molecule has 0 unspecified atom stereocenters. The molecule has 0 bridgehead atoms. The van der Waals surface area contributed by atoms with Gasteiger partial charge < -0.3 is 9.84 Å². The van der Waals surface area contributed by atoms with Crippen LogP contribution in [0.3, 0.4) is 0 Å². The molecule has 9 atom stereocenters. The van der Waals surface area contributed by atoms with Gasteiger partial charge in [0, 0.05) is 19.6 Å². The molecule has 0 amide bonds. The van der Waals surface area contributed by atoms with E-state index >= 15 is 0 Å². The molecule has 154 valence electrons. The van der Waals surface area contributed by atoms with Crippen molar-refractivity contribution in [3.63, 3.8) is 0 Å². The molecule has 0 radical (unpaired) electrons. The Labute approximate surface area is 165 Å². The van der Waals surface area contributed by atoms with Crippen LogP contribution in [0, 0.1) is 46.3 Å². The number of carbonyl (C=O) groups is 1. The zero-order valence-electron chi connectivity index (χ0n) is 18.1. The normalized spacial score (nSPS) is 54.7. The smallest absolute Gasteiger partial charge is 0.133 e. The maximum atomic E-state index is 12.4. The van der Waals surface area contributed by atoms with E-state index in [1.807, 2.05) is 21.0 Å². The van der Waals surface area contributed by atoms with Crippen LogP contribution in [0.5, 0.6) is 0 Å². The first-order valence-electron chi connectivity index (χ1n) is 11.3. The maximum Gasteiger partial charge on any atom is 0.133 e. The minimum atomic E-state index is -0.495. The van der Waals surface area contributed by atoms with Crippen molar-refractivity contribution in [1.29, 1.82) is 0 Å². The standard InChI is InChI=1S/C24H40O3/c1-15(25)18-6-7-19-21-16(14-27-5)12-17-13-22(2,26)10-11-23(17,3)20(21)8-9-24(18,19)4/h16-21,26H,6-14H2,1-5H3/t16-,17+,18-,19+,20+,21+,22-,23+,24-/m1/s1. The van der Waals surface area contributed by atoms with E-state index in [1.54, 1.807) is 0 Å². The monoisotopic (exact) mass is 376 g/mol. The minimum absolute atomic E-state index is 0.197. The number of ether oxygens (including phenoxy) is 1. The number of fused-ring (bicyclic) bond motifs is 5. The molecular weight excluding hydrogens is 336 g/mol. The van der Waals surface area contributed by atoms with Crippen LogP contribution in [-0.2, 0) is 9.53 Å². The fraction of sp³-hybridized carbons (Fsp3) is 0.958. The Morgan fingerprint density at radius 2 is 1.74 bits per heavy atom. The fourth-order valence-electron chi connectivity index (χ4n) is 8.65. The van der Waals surface area contributed by atoms with Gasteiger partial charge in [0.1, 0.15) is 5.78 Å². The fourth-order valence-corrected chi connectivity index (χ4v) is 8.65. The summed E-state index contributed by atoms with van der Waals surface area (Å²) in [7, 11) is 1.84. The molecule has 0 spiro atoms. The average Bonchev–Trinajstić information content (AvgIpc) is 2.93. The molecule has 3 nitrogen and oxygen atoms in total. The molecule has 0 aromatic carbocycles. The van der Waals surface area contributed by atoms with Crippen LogP contribution in [-0.4, -0.2) is 30.2 Å². The number of Topliss-reactive ketones (excluding diaryl/α,β-unsaturated/α-hetero) is 1. The van der Waals surface area contributed by atoms with Crippen molar-refractivity contribution < 1.29 is 14.6 Å². The van der Waals surface area contributed by atoms with Gasteiger partial charge in [-0.25, -0.2) is 0 Å². The summed E-state index contributed by atoms with van der Waals surface area (Å²) in [6.45, 7) is 9.66. The van der Waals surface area contributed by atoms with Gasteiger partial charge in [-0.15, -0.1) is 0 Å². The van der Waals surface area contributed by atoms with Crippen LogP contribution in [0.2, 0.25) is 0 Å². The Bertz CT molecular complexity index is 598. The van der Waals surface area contributed by atoms with Crippen LogP contribution in [0.25, 0.3) is 0 Å². The number of hydrogen-bond donors (Lipinski definition) is 1. The first kappa shape index (κ1) is 19.9. The van der Waals surface area contributed by atoms with Gasteiger partial charge in [0.25, 0.3) is 0 Å². The third kappa shape index (κ3) is 2.94. The number of methoxy groups -OCH3 is 1. The van der Waals surface area contributed by atoms with E-state index in [0.717, 1.165) is 38.2 Å². The third-order valence-electron chi connectivity index (χ3n) is 10.0. The minimum Gasteiger partial charge on any atom is -0.390 e. The second-order valence-electron chi connectivity index (χ2n) is 11.4. The Morgan fingerprint density at radius 3 is 2.41 bits per heavy atom. The van der Waals surface area contributed by atoms with Gasteiger partial charge >= 0.3 is 0 Å². The van der Waals surface area contributed by atoms with Gasteiger partial charge in [0.15, 0.2) is 0 Å². The van der Waals surface area contributed by atoms with Crippen LogP contribution < -0.4 is 0 Å². The summed E-state index contributed by atoms with van der Waals surface area (Å²) in [4.78, 5) is 12.4. The first-order valence-corrected chi connectivity index (χ1v) is 11.3. The van der Waals surface area contributed by atoms with Gasteiger partial charge in [0.2, 0.25) is 0 Å². The largest absolute Gasteiger partial charge is 0.390 e. The van der Waals surface area contributed by atoms with Crippen molar-refractivity contribution in [1.82, 2.24) is 0 Å². The van der Waals surface area contributed by atoms with Crippen molar-refractivity contribution >= 4 is 5.78 Å². The number of rotatable bonds is 3. The maximum absolute atomic E-state index is 12.4. The van der Waals surface area contributed by atoms with E-state index in [1.165, 1.54) is 25.7 Å². The quantitative estimate of drug-likeness (QED) is 0.765. The van der Waals surface area contributed by atoms with Crippen molar-refractivity contribution in [2.75, 3.05) is 13.7 Å². The lowest BCUT2D eigenvalue weighted by molar-refractivity contribution is -0.174. The highest BCUT2D eigenvalue weighted by Crippen LogP contribution is 2.69. The topological polar surface area (TPSA) is 46.5 Å². The summed E-state index contributed by atoms with van der Waals surface area (Å²) in [5.74, 6) is 3.97. The molecule has 0 saturated heterocycles. The number of hydrogen-bond acceptors (Lipinski definition) is 3. The lowest BCUT2D eigenvalue weighted by Crippen LogP contribution is -2.58. The van der Waals surface area contributed by atoms with Gasteiger partial charge in [-0.05, 0) is 106 Å². The molecule has 27 heavy (non-hydrogen) atoms. The second kappa shape index (κ2) is 6.55. The molecule has 4 rings (SSSR count). The highest BCUT2D eigenvalue weighted by Gasteiger charge is 2.63. The first-order chi connectivity index (χ1) is 12.6. The molecule has 0 aliphatic heterocycles. The lowest BCUT2D eigenvalue weighted by Gasteiger charge is -2.64. The van der Waals surface area contributed by atoms with Crippen molar-refractivity contribution in [3.8, 4) is 0 Å². The zero-order valence-corrected chi connectivity index (χ0v) is 18.1. The van der Waals surface area contributed by atoms with Crippen LogP contribution in [0.1, 0.15) is 79.1 Å². The lowest BCUT2D eigenvalue weighted by atomic mass is 9.42. The molecule has 0 heterocycles. The number of aliphatic hydroxyl groups is 1. The summed E-state index contributed by atoms with van der Waals surface area (Å²) in [6.07, 6.45) is 9.03. The van der Waals surface area contributed by atoms with Gasteiger partial charge in [0.05, 0.1) is 5.60 Å². The molecule has 0 aromatic rings. The molecule has 3 heteroatoms. The summed E-state index contributed by atoms with van der Waals surface area (Å²) in [5.41, 5.74) is 0.0556. The SMILES string of the molecule is COC[C@H]1C[C@H]2C[C@](C)(O)CC[C@]2(C)[C@H]2CC[C@]3(C)[C@@H](C(C)=O)CC[C@H]3[C@H]12. The van der Waals surface area contributed by atoms with E-state index < -0.39 is 5.60 Å². The van der Waals surface area contributed by atoms with E-state index in [2.05, 4.69) is 13.8 Å². The Hall–Kier alpha value is -0.410.